The van der Waals surface area contributed by atoms with E-state index in [0.29, 0.717) is 23.3 Å². The van der Waals surface area contributed by atoms with Crippen molar-refractivity contribution in [2.24, 2.45) is 0 Å². The fraction of sp³-hybridized carbons (Fsp3) is 0.118. The van der Waals surface area contributed by atoms with Gasteiger partial charge in [-0.05, 0) is 24.3 Å². The first kappa shape index (κ1) is 18.2. The van der Waals surface area contributed by atoms with Crippen molar-refractivity contribution in [3.8, 4) is 0 Å². The third-order valence-electron chi connectivity index (χ3n) is 3.87. The largest absolute Gasteiger partial charge is 0.288 e. The maximum Gasteiger partial charge on any atom is 0.278 e. The number of anilines is 1. The van der Waals surface area contributed by atoms with Crippen molar-refractivity contribution in [2.45, 2.75) is 13.2 Å². The van der Waals surface area contributed by atoms with Crippen LogP contribution in [-0.4, -0.2) is 40.2 Å². The van der Waals surface area contributed by atoms with Crippen molar-refractivity contribution in [3.05, 3.63) is 76.6 Å². The summed E-state index contributed by atoms with van der Waals surface area (Å²) >= 11 is 12.3. The zero-order chi connectivity index (χ0) is 19.5. The molecular formula is C17H14Cl2N8O. The van der Waals surface area contributed by atoms with Gasteiger partial charge in [0.15, 0.2) is 5.69 Å². The maximum atomic E-state index is 12.4. The van der Waals surface area contributed by atoms with E-state index in [-0.39, 0.29) is 11.6 Å². The third-order valence-corrected chi connectivity index (χ3v) is 4.57. The van der Waals surface area contributed by atoms with Crippen LogP contribution in [-0.2, 0) is 13.2 Å². The number of rotatable bonds is 6. The Morgan fingerprint density at radius 3 is 2.57 bits per heavy atom. The molecule has 28 heavy (non-hydrogen) atoms. The van der Waals surface area contributed by atoms with E-state index in [1.54, 1.807) is 50.7 Å². The van der Waals surface area contributed by atoms with E-state index < -0.39 is 5.91 Å². The van der Waals surface area contributed by atoms with E-state index in [1.807, 2.05) is 12.3 Å². The summed E-state index contributed by atoms with van der Waals surface area (Å²) < 4.78 is 4.84. The summed E-state index contributed by atoms with van der Waals surface area (Å²) in [4.78, 5) is 16.5. The van der Waals surface area contributed by atoms with Gasteiger partial charge in [0.2, 0.25) is 5.95 Å². The molecule has 0 atom stereocenters. The van der Waals surface area contributed by atoms with Crippen LogP contribution in [0.2, 0.25) is 10.0 Å². The molecule has 4 rings (SSSR count). The highest BCUT2D eigenvalue weighted by Crippen LogP contribution is 2.24. The van der Waals surface area contributed by atoms with Gasteiger partial charge < -0.3 is 0 Å². The SMILES string of the molecule is O=C(Nc1ncn(Cc2c(Cl)cccc2Cl)n1)c1ccn(Cn2cccn2)n1. The quantitative estimate of drug-likeness (QED) is 0.521. The fourth-order valence-electron chi connectivity index (χ4n) is 2.53. The van der Waals surface area contributed by atoms with Gasteiger partial charge in [-0.25, -0.2) is 9.67 Å². The van der Waals surface area contributed by atoms with Gasteiger partial charge in [-0.3, -0.25) is 19.5 Å². The first-order valence-electron chi connectivity index (χ1n) is 8.23. The Balaban J connectivity index is 1.41. The molecule has 142 valence electrons. The average Bonchev–Trinajstić information content (AvgIpc) is 3.41. The van der Waals surface area contributed by atoms with Gasteiger partial charge in [0.25, 0.3) is 5.91 Å². The standard InChI is InChI=1S/C17H14Cl2N8O/c18-13-3-1-4-14(19)12(13)9-27-10-20-17(24-27)22-16(28)15-5-8-26(23-15)11-25-7-2-6-21-25/h1-8,10H,9,11H2,(H,22,24,28). The van der Waals surface area contributed by atoms with Crippen LogP contribution in [0.1, 0.15) is 16.1 Å². The van der Waals surface area contributed by atoms with Gasteiger partial charge in [-0.1, -0.05) is 29.3 Å². The van der Waals surface area contributed by atoms with Gasteiger partial charge in [0.1, 0.15) is 13.0 Å². The number of nitrogens with one attached hydrogen (secondary N) is 1. The van der Waals surface area contributed by atoms with Crippen LogP contribution >= 0.6 is 23.2 Å². The van der Waals surface area contributed by atoms with Gasteiger partial charge in [0.05, 0.1) is 6.54 Å². The summed E-state index contributed by atoms with van der Waals surface area (Å²) in [6.45, 7) is 0.742. The second-order valence-corrected chi connectivity index (χ2v) is 6.66. The minimum Gasteiger partial charge on any atom is -0.288 e. The van der Waals surface area contributed by atoms with E-state index >= 15 is 0 Å². The summed E-state index contributed by atoms with van der Waals surface area (Å²) in [5.74, 6) is -0.248. The monoisotopic (exact) mass is 416 g/mol. The van der Waals surface area contributed by atoms with Crippen LogP contribution in [0.25, 0.3) is 0 Å². The number of halogens is 2. The highest BCUT2D eigenvalue weighted by Gasteiger charge is 2.13. The summed E-state index contributed by atoms with van der Waals surface area (Å²) in [7, 11) is 0. The van der Waals surface area contributed by atoms with Crippen LogP contribution in [0.5, 0.6) is 0 Å². The molecule has 0 bridgehead atoms. The molecule has 1 aromatic carbocycles. The predicted molar refractivity (Wildman–Crippen MR) is 103 cm³/mol. The topological polar surface area (TPSA) is 95.5 Å². The van der Waals surface area contributed by atoms with Crippen molar-refractivity contribution >= 4 is 35.1 Å². The first-order chi connectivity index (χ1) is 13.6. The van der Waals surface area contributed by atoms with Crippen molar-refractivity contribution in [2.75, 3.05) is 5.32 Å². The highest BCUT2D eigenvalue weighted by atomic mass is 35.5. The van der Waals surface area contributed by atoms with Crippen LogP contribution in [0.4, 0.5) is 5.95 Å². The molecule has 4 aromatic rings. The Morgan fingerprint density at radius 1 is 1.00 bits per heavy atom. The Labute approximate surface area is 169 Å². The van der Waals surface area contributed by atoms with E-state index in [0.717, 1.165) is 5.56 Å². The molecule has 9 nitrogen and oxygen atoms in total. The summed E-state index contributed by atoms with van der Waals surface area (Å²) in [6.07, 6.45) is 6.67. The third kappa shape index (κ3) is 4.05. The van der Waals surface area contributed by atoms with Crippen molar-refractivity contribution < 1.29 is 4.79 Å². The van der Waals surface area contributed by atoms with Gasteiger partial charge >= 0.3 is 0 Å². The molecule has 3 aromatic heterocycles. The van der Waals surface area contributed by atoms with E-state index in [4.69, 9.17) is 23.2 Å². The predicted octanol–water partition coefficient (Wildman–Crippen LogP) is 2.78. The van der Waals surface area contributed by atoms with Crippen LogP contribution in [0, 0.1) is 0 Å². The van der Waals surface area contributed by atoms with Crippen LogP contribution in [0.15, 0.2) is 55.2 Å². The van der Waals surface area contributed by atoms with Gasteiger partial charge in [0, 0.05) is 34.2 Å². The average molecular weight is 417 g/mol. The smallest absolute Gasteiger partial charge is 0.278 e. The Hall–Kier alpha value is -3.17. The molecule has 0 radical (unpaired) electrons. The molecule has 1 N–H and O–H groups in total. The molecule has 1 amide bonds. The molecular weight excluding hydrogens is 403 g/mol. The number of aromatic nitrogens is 7. The minimum absolute atomic E-state index is 0.162. The summed E-state index contributed by atoms with van der Waals surface area (Å²) in [6, 6.07) is 8.70. The van der Waals surface area contributed by atoms with Crippen LogP contribution < -0.4 is 5.32 Å². The number of carbonyl (C=O) groups excluding carboxylic acids is 1. The van der Waals surface area contributed by atoms with Crippen molar-refractivity contribution in [3.63, 3.8) is 0 Å². The molecule has 0 spiro atoms. The van der Waals surface area contributed by atoms with Gasteiger partial charge in [-0.15, -0.1) is 5.10 Å². The number of carbonyl (C=O) groups is 1. The lowest BCUT2D eigenvalue weighted by molar-refractivity contribution is 0.102. The number of benzene rings is 1. The highest BCUT2D eigenvalue weighted by molar-refractivity contribution is 6.35. The second kappa shape index (κ2) is 7.83. The lowest BCUT2D eigenvalue weighted by Crippen LogP contribution is -2.16. The molecule has 11 heteroatoms. The summed E-state index contributed by atoms with van der Waals surface area (Å²) in [5, 5.41) is 16.2. The lowest BCUT2D eigenvalue weighted by atomic mass is 10.2. The lowest BCUT2D eigenvalue weighted by Gasteiger charge is -2.06. The zero-order valence-corrected chi connectivity index (χ0v) is 15.9. The maximum absolute atomic E-state index is 12.4. The Kier molecular flexibility index (Phi) is 5.09. The van der Waals surface area contributed by atoms with Crippen molar-refractivity contribution in [1.82, 2.24) is 34.3 Å². The molecule has 0 fully saturated rings. The van der Waals surface area contributed by atoms with Crippen LogP contribution in [0.3, 0.4) is 0 Å². The van der Waals surface area contributed by atoms with Crippen molar-refractivity contribution in [1.29, 1.82) is 0 Å². The van der Waals surface area contributed by atoms with E-state index in [1.165, 1.54) is 6.33 Å². The first-order valence-corrected chi connectivity index (χ1v) is 8.98. The molecule has 3 heterocycles. The second-order valence-electron chi connectivity index (χ2n) is 5.85. The number of nitrogens with zero attached hydrogens (tertiary/aromatic N) is 7. The molecule has 0 saturated carbocycles. The molecule has 0 aliphatic rings. The number of hydrogen-bond donors (Lipinski definition) is 1. The Morgan fingerprint density at radius 2 is 1.82 bits per heavy atom. The molecule has 0 unspecified atom stereocenters. The zero-order valence-electron chi connectivity index (χ0n) is 14.4. The number of hydrogen-bond acceptors (Lipinski definition) is 5. The molecule has 0 aliphatic carbocycles. The minimum atomic E-state index is -0.409. The summed E-state index contributed by atoms with van der Waals surface area (Å²) in [5.41, 5.74) is 0.976. The number of amides is 1. The normalized spacial score (nSPS) is 10.9. The van der Waals surface area contributed by atoms with E-state index in [9.17, 15) is 4.79 Å². The molecule has 0 saturated heterocycles. The Bertz CT molecular complexity index is 1080. The van der Waals surface area contributed by atoms with E-state index in [2.05, 4.69) is 25.6 Å². The molecule has 0 aliphatic heterocycles. The fourth-order valence-corrected chi connectivity index (χ4v) is 3.05. The van der Waals surface area contributed by atoms with Gasteiger partial charge in [-0.2, -0.15) is 10.2 Å².